The Morgan fingerprint density at radius 1 is 1.04 bits per heavy atom. The number of rotatable bonds is 3. The quantitative estimate of drug-likeness (QED) is 0.894. The summed E-state index contributed by atoms with van der Waals surface area (Å²) in [6.07, 6.45) is 0. The van der Waals surface area contributed by atoms with Crippen molar-refractivity contribution >= 4 is 11.4 Å². The molecule has 0 aromatic heterocycles. The maximum absolute atomic E-state index is 14.3. The van der Waals surface area contributed by atoms with Gasteiger partial charge in [0.15, 0.2) is 0 Å². The second kappa shape index (κ2) is 7.04. The number of likely N-dealkylation sites (N-methyl/N-ethyl adjacent to an activating group) is 1. The highest BCUT2D eigenvalue weighted by Crippen LogP contribution is 2.34. The Labute approximate surface area is 150 Å². The van der Waals surface area contributed by atoms with E-state index in [0.717, 1.165) is 29.9 Å². The number of benzene rings is 2. The van der Waals surface area contributed by atoms with E-state index in [1.807, 2.05) is 32.2 Å². The Bertz CT molecular complexity index is 747. The summed E-state index contributed by atoms with van der Waals surface area (Å²) in [5.41, 5.74) is 4.72. The van der Waals surface area contributed by atoms with Crippen molar-refractivity contribution < 1.29 is 4.39 Å². The average Bonchev–Trinajstić information content (AvgIpc) is 2.58. The lowest BCUT2D eigenvalue weighted by Crippen LogP contribution is -2.55. The Kier molecular flexibility index (Phi) is 5.00. The molecular weight excluding hydrogens is 313 g/mol. The molecule has 0 amide bonds. The van der Waals surface area contributed by atoms with E-state index in [1.165, 1.54) is 5.69 Å². The number of halogens is 1. The van der Waals surface area contributed by atoms with Gasteiger partial charge in [0.1, 0.15) is 5.82 Å². The maximum Gasteiger partial charge on any atom is 0.131 e. The van der Waals surface area contributed by atoms with Crippen LogP contribution in [0, 0.1) is 12.7 Å². The van der Waals surface area contributed by atoms with Crippen molar-refractivity contribution in [3.05, 3.63) is 47.8 Å². The fourth-order valence-electron chi connectivity index (χ4n) is 3.63. The van der Waals surface area contributed by atoms with Crippen LogP contribution in [-0.4, -0.2) is 44.2 Å². The van der Waals surface area contributed by atoms with Crippen molar-refractivity contribution in [2.75, 3.05) is 37.4 Å². The van der Waals surface area contributed by atoms with Gasteiger partial charge < -0.3 is 10.2 Å². The lowest BCUT2D eigenvalue weighted by Gasteiger charge is -2.44. The van der Waals surface area contributed by atoms with Crippen molar-refractivity contribution in [3.63, 3.8) is 0 Å². The SMILES string of the molecule is CNc1cc(-c2ccc(C)cc2F)ccc1N1CC(C)N(C)C(C)C1. The van der Waals surface area contributed by atoms with Gasteiger partial charge in [0.25, 0.3) is 0 Å². The molecule has 1 N–H and O–H groups in total. The molecule has 1 saturated heterocycles. The third-order valence-corrected chi connectivity index (χ3v) is 5.40. The minimum Gasteiger partial charge on any atom is -0.386 e. The maximum atomic E-state index is 14.3. The molecule has 134 valence electrons. The largest absolute Gasteiger partial charge is 0.386 e. The van der Waals surface area contributed by atoms with Gasteiger partial charge in [0.05, 0.1) is 11.4 Å². The molecule has 1 fully saturated rings. The Morgan fingerprint density at radius 3 is 2.32 bits per heavy atom. The van der Waals surface area contributed by atoms with E-state index in [9.17, 15) is 4.39 Å². The first-order valence-electron chi connectivity index (χ1n) is 8.96. The summed E-state index contributed by atoms with van der Waals surface area (Å²) in [6.45, 7) is 8.42. The molecule has 1 aliphatic rings. The average molecular weight is 341 g/mol. The van der Waals surface area contributed by atoms with Crippen LogP contribution >= 0.6 is 0 Å². The molecule has 2 aromatic carbocycles. The first-order valence-corrected chi connectivity index (χ1v) is 8.96. The van der Waals surface area contributed by atoms with Gasteiger partial charge in [0.2, 0.25) is 0 Å². The number of piperazine rings is 1. The van der Waals surface area contributed by atoms with Gasteiger partial charge in [-0.2, -0.15) is 0 Å². The monoisotopic (exact) mass is 341 g/mol. The van der Waals surface area contributed by atoms with Crippen LogP contribution in [0.2, 0.25) is 0 Å². The Morgan fingerprint density at radius 2 is 1.72 bits per heavy atom. The minimum atomic E-state index is -0.170. The molecule has 1 heterocycles. The number of nitrogens with zero attached hydrogens (tertiary/aromatic N) is 2. The van der Waals surface area contributed by atoms with Crippen molar-refractivity contribution in [1.29, 1.82) is 0 Å². The fourth-order valence-corrected chi connectivity index (χ4v) is 3.63. The zero-order valence-electron chi connectivity index (χ0n) is 15.8. The topological polar surface area (TPSA) is 18.5 Å². The van der Waals surface area contributed by atoms with Crippen LogP contribution in [0.25, 0.3) is 11.1 Å². The molecule has 0 bridgehead atoms. The van der Waals surface area contributed by atoms with Crippen LogP contribution in [-0.2, 0) is 0 Å². The van der Waals surface area contributed by atoms with E-state index in [4.69, 9.17) is 0 Å². The van der Waals surface area contributed by atoms with Crippen molar-refractivity contribution in [1.82, 2.24) is 4.90 Å². The molecule has 0 saturated carbocycles. The van der Waals surface area contributed by atoms with Crippen molar-refractivity contribution in [2.24, 2.45) is 0 Å². The van der Waals surface area contributed by atoms with Crippen LogP contribution < -0.4 is 10.2 Å². The molecule has 0 aliphatic carbocycles. The van der Waals surface area contributed by atoms with Crippen LogP contribution in [0.4, 0.5) is 15.8 Å². The summed E-state index contributed by atoms with van der Waals surface area (Å²) >= 11 is 0. The third-order valence-electron chi connectivity index (χ3n) is 5.40. The second-order valence-corrected chi connectivity index (χ2v) is 7.23. The van der Waals surface area contributed by atoms with Crippen LogP contribution in [0.1, 0.15) is 19.4 Å². The first kappa shape index (κ1) is 17.7. The van der Waals surface area contributed by atoms with Crippen molar-refractivity contribution in [2.45, 2.75) is 32.9 Å². The van der Waals surface area contributed by atoms with Gasteiger partial charge in [-0.15, -0.1) is 0 Å². The predicted octanol–water partition coefficient (Wildman–Crippen LogP) is 4.37. The summed E-state index contributed by atoms with van der Waals surface area (Å²) in [4.78, 5) is 4.85. The lowest BCUT2D eigenvalue weighted by atomic mass is 10.0. The highest BCUT2D eigenvalue weighted by molar-refractivity contribution is 5.78. The fraction of sp³-hybridized carbons (Fsp3) is 0.429. The molecule has 0 spiro atoms. The van der Waals surface area contributed by atoms with Gasteiger partial charge in [-0.05, 0) is 57.1 Å². The standard InChI is InChI=1S/C21H28FN3/c1-14-6-8-18(19(22)10-14)17-7-9-21(20(11-17)23-4)25-12-15(2)24(5)16(3)13-25/h6-11,15-16,23H,12-13H2,1-5H3. The van der Waals surface area contributed by atoms with E-state index in [-0.39, 0.29) is 5.82 Å². The summed E-state index contributed by atoms with van der Waals surface area (Å²) in [5, 5.41) is 3.30. The van der Waals surface area contributed by atoms with E-state index in [2.05, 4.69) is 48.1 Å². The third kappa shape index (κ3) is 3.49. The van der Waals surface area contributed by atoms with Crippen LogP contribution in [0.3, 0.4) is 0 Å². The van der Waals surface area contributed by atoms with Gasteiger partial charge in [-0.25, -0.2) is 4.39 Å². The molecule has 25 heavy (non-hydrogen) atoms. The molecule has 2 unspecified atom stereocenters. The van der Waals surface area contributed by atoms with Gasteiger partial charge in [-0.3, -0.25) is 4.90 Å². The summed E-state index contributed by atoms with van der Waals surface area (Å²) in [5.74, 6) is -0.170. The molecular formula is C21H28FN3. The Balaban J connectivity index is 1.95. The van der Waals surface area contributed by atoms with Crippen LogP contribution in [0.5, 0.6) is 0 Å². The number of anilines is 2. The molecule has 0 radical (unpaired) electrons. The highest BCUT2D eigenvalue weighted by atomic mass is 19.1. The molecule has 2 atom stereocenters. The van der Waals surface area contributed by atoms with Crippen molar-refractivity contribution in [3.8, 4) is 11.1 Å². The van der Waals surface area contributed by atoms with Crippen LogP contribution in [0.15, 0.2) is 36.4 Å². The van der Waals surface area contributed by atoms with E-state index in [1.54, 1.807) is 6.07 Å². The zero-order valence-corrected chi connectivity index (χ0v) is 15.8. The summed E-state index contributed by atoms with van der Waals surface area (Å²) in [6, 6.07) is 12.6. The molecule has 3 rings (SSSR count). The van der Waals surface area contributed by atoms with E-state index in [0.29, 0.717) is 17.6 Å². The molecule has 4 heteroatoms. The predicted molar refractivity (Wildman–Crippen MR) is 105 cm³/mol. The lowest BCUT2D eigenvalue weighted by molar-refractivity contribution is 0.170. The number of nitrogens with one attached hydrogen (secondary N) is 1. The Hall–Kier alpha value is -2.07. The zero-order chi connectivity index (χ0) is 18.1. The summed E-state index contributed by atoms with van der Waals surface area (Å²) < 4.78 is 14.3. The summed E-state index contributed by atoms with van der Waals surface area (Å²) in [7, 11) is 4.12. The smallest absolute Gasteiger partial charge is 0.131 e. The normalized spacial score (nSPS) is 21.4. The molecule has 2 aromatic rings. The second-order valence-electron chi connectivity index (χ2n) is 7.23. The van der Waals surface area contributed by atoms with E-state index >= 15 is 0 Å². The number of aryl methyl sites for hydroxylation is 1. The van der Waals surface area contributed by atoms with E-state index < -0.39 is 0 Å². The number of hydrogen-bond donors (Lipinski definition) is 1. The highest BCUT2D eigenvalue weighted by Gasteiger charge is 2.27. The van der Waals surface area contributed by atoms with Gasteiger partial charge >= 0.3 is 0 Å². The molecule has 3 nitrogen and oxygen atoms in total. The number of hydrogen-bond acceptors (Lipinski definition) is 3. The molecule has 1 aliphatic heterocycles. The van der Waals surface area contributed by atoms with Gasteiger partial charge in [0, 0.05) is 37.8 Å². The van der Waals surface area contributed by atoms with Gasteiger partial charge in [-0.1, -0.05) is 18.2 Å². The minimum absolute atomic E-state index is 0.170. The first-order chi connectivity index (χ1) is 11.9.